The van der Waals surface area contributed by atoms with Crippen molar-refractivity contribution in [2.75, 3.05) is 11.9 Å². The number of carbonyl (C=O) groups is 2. The Labute approximate surface area is 222 Å². The molecule has 1 amide bonds. The fourth-order valence-electron chi connectivity index (χ4n) is 4.32. The number of amides is 1. The van der Waals surface area contributed by atoms with Gasteiger partial charge in [0.25, 0.3) is 0 Å². The summed E-state index contributed by atoms with van der Waals surface area (Å²) in [5.41, 5.74) is 0.608. The van der Waals surface area contributed by atoms with Crippen LogP contribution < -0.4 is 5.32 Å². The Morgan fingerprint density at radius 2 is 1.68 bits per heavy atom. The summed E-state index contributed by atoms with van der Waals surface area (Å²) < 4.78 is 13.2. The second kappa shape index (κ2) is 10.1. The van der Waals surface area contributed by atoms with Crippen molar-refractivity contribution >= 4 is 29.0 Å². The lowest BCUT2D eigenvalue weighted by Crippen LogP contribution is -2.45. The van der Waals surface area contributed by atoms with Gasteiger partial charge in [-0.1, -0.05) is 0 Å². The molecular weight excluding hydrogens is 488 g/mol. The lowest BCUT2D eigenvalue weighted by molar-refractivity contribution is -0.160. The van der Waals surface area contributed by atoms with Crippen LogP contribution in [-0.4, -0.2) is 76.3 Å². The number of nitrogens with zero attached hydrogens (tertiary/aromatic N) is 7. The van der Waals surface area contributed by atoms with Crippen molar-refractivity contribution in [3.05, 3.63) is 24.5 Å². The molecule has 4 rings (SSSR count). The van der Waals surface area contributed by atoms with Gasteiger partial charge < -0.3 is 19.4 Å². The topological polar surface area (TPSA) is 137 Å². The molecule has 1 fully saturated rings. The second-order valence-electron chi connectivity index (χ2n) is 11.4. The molecule has 1 aliphatic heterocycles. The van der Waals surface area contributed by atoms with Crippen LogP contribution >= 0.6 is 0 Å². The molecule has 12 heteroatoms. The standard InChI is InChI=1S/C26H36N8O4/c1-9-33-21(16-11-27-15(2)28-12-16)32-19-20(29-14-30-22(19)33)31-17-10-18(23(35)37-25(3,4)5)34(13-17)24(36)38-26(6,7)8/h11-12,14,17-18H,9-10,13H2,1-8H3,(H,29,30,31)/t17-,18-/m0/s1. The zero-order valence-electron chi connectivity index (χ0n) is 23.3. The minimum absolute atomic E-state index is 0.234. The van der Waals surface area contributed by atoms with E-state index < -0.39 is 29.3 Å². The highest BCUT2D eigenvalue weighted by Crippen LogP contribution is 2.30. The Kier molecular flexibility index (Phi) is 7.26. The quantitative estimate of drug-likeness (QED) is 0.491. The second-order valence-corrected chi connectivity index (χ2v) is 11.4. The van der Waals surface area contributed by atoms with E-state index in [-0.39, 0.29) is 12.6 Å². The third-order valence-electron chi connectivity index (χ3n) is 5.84. The Balaban J connectivity index is 1.64. The van der Waals surface area contributed by atoms with E-state index in [2.05, 4.69) is 25.3 Å². The lowest BCUT2D eigenvalue weighted by Gasteiger charge is -2.29. The SMILES string of the molecule is CCn1c(-c2cnc(C)nc2)nc2c(N[C@H]3C[C@@H](C(=O)OC(C)(C)C)N(C(=O)OC(C)(C)C)C3)ncnc21. The van der Waals surface area contributed by atoms with Crippen LogP contribution in [0.3, 0.4) is 0 Å². The number of ether oxygens (including phenoxy) is 2. The molecule has 1 saturated heterocycles. The van der Waals surface area contributed by atoms with Crippen LogP contribution in [0.4, 0.5) is 10.6 Å². The lowest BCUT2D eigenvalue weighted by atomic mass is 10.1. The largest absolute Gasteiger partial charge is 0.458 e. The van der Waals surface area contributed by atoms with Crippen molar-refractivity contribution in [2.24, 2.45) is 0 Å². The molecule has 0 bridgehead atoms. The number of aryl methyl sites for hydroxylation is 2. The number of anilines is 1. The van der Waals surface area contributed by atoms with Gasteiger partial charge >= 0.3 is 12.1 Å². The van der Waals surface area contributed by atoms with Gasteiger partial charge in [0.15, 0.2) is 17.0 Å². The molecule has 3 aromatic heterocycles. The van der Waals surface area contributed by atoms with Gasteiger partial charge in [-0.3, -0.25) is 4.90 Å². The monoisotopic (exact) mass is 524 g/mol. The van der Waals surface area contributed by atoms with Gasteiger partial charge in [0.05, 0.1) is 5.56 Å². The summed E-state index contributed by atoms with van der Waals surface area (Å²) >= 11 is 0. The summed E-state index contributed by atoms with van der Waals surface area (Å²) in [6.07, 6.45) is 4.70. The van der Waals surface area contributed by atoms with Crippen LogP contribution in [0.1, 0.15) is 60.7 Å². The van der Waals surface area contributed by atoms with Crippen LogP contribution in [0.15, 0.2) is 18.7 Å². The Morgan fingerprint density at radius 1 is 1.03 bits per heavy atom. The predicted octanol–water partition coefficient (Wildman–Crippen LogP) is 3.74. The summed E-state index contributed by atoms with van der Waals surface area (Å²) in [6, 6.07) is -1.09. The molecule has 0 saturated carbocycles. The van der Waals surface area contributed by atoms with Gasteiger partial charge in [0, 0.05) is 37.9 Å². The molecule has 0 radical (unpaired) electrons. The van der Waals surface area contributed by atoms with Gasteiger partial charge in [0.1, 0.15) is 35.2 Å². The maximum absolute atomic E-state index is 13.1. The maximum atomic E-state index is 13.1. The first-order valence-corrected chi connectivity index (χ1v) is 12.7. The summed E-state index contributed by atoms with van der Waals surface area (Å²) in [5, 5.41) is 3.39. The van der Waals surface area contributed by atoms with Gasteiger partial charge in [-0.25, -0.2) is 34.5 Å². The Bertz CT molecular complexity index is 1290. The number of aromatic nitrogens is 6. The van der Waals surface area contributed by atoms with Crippen molar-refractivity contribution in [3.63, 3.8) is 0 Å². The maximum Gasteiger partial charge on any atom is 0.411 e. The van der Waals surface area contributed by atoms with E-state index in [1.165, 1.54) is 11.2 Å². The molecule has 0 aliphatic carbocycles. The summed E-state index contributed by atoms with van der Waals surface area (Å²) in [4.78, 5) is 49.9. The fraction of sp³-hybridized carbons (Fsp3) is 0.577. The van der Waals surface area contributed by atoms with Gasteiger partial charge in [0.2, 0.25) is 0 Å². The fourth-order valence-corrected chi connectivity index (χ4v) is 4.32. The molecular formula is C26H36N8O4. The molecule has 0 unspecified atom stereocenters. The third kappa shape index (κ3) is 6.00. The summed E-state index contributed by atoms with van der Waals surface area (Å²) in [5.74, 6) is 1.39. The van der Waals surface area contributed by atoms with Crippen LogP contribution in [0, 0.1) is 6.92 Å². The van der Waals surface area contributed by atoms with E-state index in [1.54, 1.807) is 53.9 Å². The van der Waals surface area contributed by atoms with Gasteiger partial charge in [-0.15, -0.1) is 0 Å². The summed E-state index contributed by atoms with van der Waals surface area (Å²) in [6.45, 7) is 15.5. The number of carbonyl (C=O) groups excluding carboxylic acids is 2. The number of nitrogens with one attached hydrogen (secondary N) is 1. The molecule has 1 N–H and O–H groups in total. The van der Waals surface area contributed by atoms with Crippen molar-refractivity contribution in [3.8, 4) is 11.4 Å². The molecule has 0 spiro atoms. The number of esters is 1. The molecule has 4 heterocycles. The molecule has 1 aliphatic rings. The number of hydrogen-bond donors (Lipinski definition) is 1. The van der Waals surface area contributed by atoms with Crippen molar-refractivity contribution in [1.29, 1.82) is 0 Å². The summed E-state index contributed by atoms with van der Waals surface area (Å²) in [7, 11) is 0. The first-order valence-electron chi connectivity index (χ1n) is 12.7. The highest BCUT2D eigenvalue weighted by molar-refractivity contribution is 5.87. The number of likely N-dealkylation sites (tertiary alicyclic amines) is 1. The molecule has 12 nitrogen and oxygen atoms in total. The third-order valence-corrected chi connectivity index (χ3v) is 5.84. The van der Waals surface area contributed by atoms with E-state index in [9.17, 15) is 9.59 Å². The Morgan fingerprint density at radius 3 is 2.29 bits per heavy atom. The smallest absolute Gasteiger partial charge is 0.411 e. The average molecular weight is 525 g/mol. The van der Waals surface area contributed by atoms with E-state index >= 15 is 0 Å². The minimum Gasteiger partial charge on any atom is -0.458 e. The van der Waals surface area contributed by atoms with E-state index in [1.807, 2.05) is 18.4 Å². The van der Waals surface area contributed by atoms with Crippen molar-refractivity contribution < 1.29 is 19.1 Å². The predicted molar refractivity (Wildman–Crippen MR) is 141 cm³/mol. The molecule has 204 valence electrons. The van der Waals surface area contributed by atoms with E-state index in [0.717, 1.165) is 5.56 Å². The highest BCUT2D eigenvalue weighted by atomic mass is 16.6. The zero-order chi connectivity index (χ0) is 27.8. The van der Waals surface area contributed by atoms with E-state index in [4.69, 9.17) is 14.5 Å². The molecule has 3 aromatic rings. The normalized spacial score (nSPS) is 18.1. The first-order chi connectivity index (χ1) is 17.8. The Hall–Kier alpha value is -3.83. The van der Waals surface area contributed by atoms with Crippen LogP contribution in [-0.2, 0) is 20.8 Å². The van der Waals surface area contributed by atoms with Gasteiger partial charge in [-0.2, -0.15) is 0 Å². The molecule has 0 aromatic carbocycles. The van der Waals surface area contributed by atoms with Crippen LogP contribution in [0.25, 0.3) is 22.6 Å². The van der Waals surface area contributed by atoms with Crippen LogP contribution in [0.2, 0.25) is 0 Å². The number of fused-ring (bicyclic) bond motifs is 1. The first kappa shape index (κ1) is 27.2. The minimum atomic E-state index is -0.799. The number of hydrogen-bond acceptors (Lipinski definition) is 10. The molecule has 38 heavy (non-hydrogen) atoms. The average Bonchev–Trinajstić information content (AvgIpc) is 3.40. The number of rotatable bonds is 5. The highest BCUT2D eigenvalue weighted by Gasteiger charge is 2.43. The number of imidazole rings is 1. The van der Waals surface area contributed by atoms with E-state index in [0.29, 0.717) is 41.6 Å². The van der Waals surface area contributed by atoms with Crippen molar-refractivity contribution in [1.82, 2.24) is 34.4 Å². The van der Waals surface area contributed by atoms with Crippen molar-refractivity contribution in [2.45, 2.75) is 91.6 Å². The zero-order valence-corrected chi connectivity index (χ0v) is 23.3. The van der Waals surface area contributed by atoms with Crippen LogP contribution in [0.5, 0.6) is 0 Å². The molecule has 2 atom stereocenters. The van der Waals surface area contributed by atoms with Gasteiger partial charge in [-0.05, 0) is 55.4 Å².